The van der Waals surface area contributed by atoms with Gasteiger partial charge in [0.2, 0.25) is 0 Å². The standard InChI is InChI=1S/C40H62O4/c1-35-17-19-39(43,23-25(35)5-7-27-29-9-11-33(41)37(29,3)15-13-31(27)35)21-22-40(44)20-18-36(2)26(24-40)6-8-28-30-10-12-34(42)38(30,4)16-14-32(28)36/h25-34,41-44H,5-20,23-24H2,1-4H3/t25-,26-,27?,28?,29?,30?,31?,32?,33-,34-,35-,36-,37-,38-,39?,40?/m0/s1. The van der Waals surface area contributed by atoms with E-state index in [1.807, 2.05) is 0 Å². The van der Waals surface area contributed by atoms with Gasteiger partial charge in [-0.1, -0.05) is 39.5 Å². The van der Waals surface area contributed by atoms with Gasteiger partial charge in [-0.05, 0) is 185 Å². The molecule has 44 heavy (non-hydrogen) atoms. The van der Waals surface area contributed by atoms with Crippen molar-refractivity contribution in [2.24, 2.45) is 69.0 Å². The first-order valence-corrected chi connectivity index (χ1v) is 19.1. The molecule has 4 heteroatoms. The predicted molar refractivity (Wildman–Crippen MR) is 173 cm³/mol. The Morgan fingerprint density at radius 2 is 0.818 bits per heavy atom. The van der Waals surface area contributed by atoms with E-state index in [1.165, 1.54) is 51.4 Å². The first kappa shape index (κ1) is 30.7. The number of hydrogen-bond donors (Lipinski definition) is 4. The van der Waals surface area contributed by atoms with Crippen molar-refractivity contribution < 1.29 is 20.4 Å². The van der Waals surface area contributed by atoms with Crippen LogP contribution in [0.5, 0.6) is 0 Å². The lowest BCUT2D eigenvalue weighted by atomic mass is 9.44. The minimum absolute atomic E-state index is 0.118. The van der Waals surface area contributed by atoms with Gasteiger partial charge in [-0.2, -0.15) is 0 Å². The molecule has 4 N–H and O–H groups in total. The van der Waals surface area contributed by atoms with Gasteiger partial charge in [0.15, 0.2) is 0 Å². The normalized spacial score (nSPS) is 61.3. The minimum Gasteiger partial charge on any atom is -0.393 e. The average Bonchev–Trinajstić information content (AvgIpc) is 3.47. The minimum atomic E-state index is -0.977. The maximum Gasteiger partial charge on any atom is 0.125 e. The van der Waals surface area contributed by atoms with Crippen LogP contribution in [-0.2, 0) is 0 Å². The Morgan fingerprint density at radius 1 is 0.432 bits per heavy atom. The van der Waals surface area contributed by atoms with E-state index < -0.39 is 11.2 Å². The van der Waals surface area contributed by atoms with Gasteiger partial charge in [-0.15, -0.1) is 0 Å². The van der Waals surface area contributed by atoms with Crippen molar-refractivity contribution in [3.63, 3.8) is 0 Å². The molecule has 0 aliphatic heterocycles. The highest BCUT2D eigenvalue weighted by Crippen LogP contribution is 2.68. The van der Waals surface area contributed by atoms with E-state index in [9.17, 15) is 20.4 Å². The summed E-state index contributed by atoms with van der Waals surface area (Å²) in [6, 6.07) is 0. The van der Waals surface area contributed by atoms with Crippen LogP contribution < -0.4 is 0 Å². The lowest BCUT2D eigenvalue weighted by Gasteiger charge is -2.61. The average molecular weight is 607 g/mol. The summed E-state index contributed by atoms with van der Waals surface area (Å²) >= 11 is 0. The monoisotopic (exact) mass is 606 g/mol. The molecule has 0 bridgehead atoms. The van der Waals surface area contributed by atoms with Crippen LogP contribution in [0.4, 0.5) is 0 Å². The van der Waals surface area contributed by atoms with Gasteiger partial charge in [0.25, 0.3) is 0 Å². The highest BCUT2D eigenvalue weighted by Gasteiger charge is 2.63. The van der Waals surface area contributed by atoms with Crippen LogP contribution in [0, 0.1) is 80.8 Å². The number of hydrogen-bond acceptors (Lipinski definition) is 4. The number of aliphatic hydroxyl groups excluding tert-OH is 2. The van der Waals surface area contributed by atoms with Gasteiger partial charge >= 0.3 is 0 Å². The molecule has 16 atom stereocenters. The summed E-state index contributed by atoms with van der Waals surface area (Å²) in [6.45, 7) is 9.79. The Labute approximate surface area is 267 Å². The molecule has 0 spiro atoms. The van der Waals surface area contributed by atoms with Crippen LogP contribution >= 0.6 is 0 Å². The van der Waals surface area contributed by atoms with Crippen LogP contribution in [0.1, 0.15) is 143 Å². The van der Waals surface area contributed by atoms with Crippen molar-refractivity contribution in [3.8, 4) is 11.8 Å². The third-order valence-corrected chi connectivity index (χ3v) is 17.9. The third kappa shape index (κ3) is 4.23. The molecule has 0 aromatic heterocycles. The smallest absolute Gasteiger partial charge is 0.125 e. The molecule has 0 aromatic carbocycles. The maximum absolute atomic E-state index is 11.9. The summed E-state index contributed by atoms with van der Waals surface area (Å²) in [7, 11) is 0. The van der Waals surface area contributed by atoms with Crippen LogP contribution in [-0.4, -0.2) is 43.8 Å². The fourth-order valence-electron chi connectivity index (χ4n) is 14.9. The summed E-state index contributed by atoms with van der Waals surface area (Å²) < 4.78 is 0. The second-order valence-electron chi connectivity index (χ2n) is 19.3. The van der Waals surface area contributed by atoms with Crippen LogP contribution in [0.15, 0.2) is 0 Å². The molecule has 8 unspecified atom stereocenters. The van der Waals surface area contributed by atoms with Crippen LogP contribution in [0.25, 0.3) is 0 Å². The highest BCUT2D eigenvalue weighted by molar-refractivity contribution is 5.26. The molecule has 0 aromatic rings. The molecule has 4 nitrogen and oxygen atoms in total. The Hall–Kier alpha value is -0.600. The first-order valence-electron chi connectivity index (χ1n) is 19.1. The van der Waals surface area contributed by atoms with Crippen molar-refractivity contribution in [1.29, 1.82) is 0 Å². The van der Waals surface area contributed by atoms with E-state index in [1.54, 1.807) is 0 Å². The lowest BCUT2D eigenvalue weighted by molar-refractivity contribution is -0.145. The summed E-state index contributed by atoms with van der Waals surface area (Å²) in [5, 5.41) is 45.5. The van der Waals surface area contributed by atoms with E-state index in [4.69, 9.17) is 0 Å². The zero-order valence-electron chi connectivity index (χ0n) is 28.3. The number of rotatable bonds is 0. The largest absolute Gasteiger partial charge is 0.393 e. The molecule has 0 radical (unpaired) electrons. The summed E-state index contributed by atoms with van der Waals surface area (Å²) in [4.78, 5) is 0. The fourth-order valence-corrected chi connectivity index (χ4v) is 14.9. The van der Waals surface area contributed by atoms with Gasteiger partial charge in [0.05, 0.1) is 12.2 Å². The summed E-state index contributed by atoms with van der Waals surface area (Å²) in [6.07, 6.45) is 18.8. The van der Waals surface area contributed by atoms with Gasteiger partial charge in [-0.3, -0.25) is 0 Å². The molecule has 0 amide bonds. The van der Waals surface area contributed by atoms with E-state index >= 15 is 0 Å². The maximum atomic E-state index is 11.9. The van der Waals surface area contributed by atoms with E-state index in [0.29, 0.717) is 35.5 Å². The zero-order chi connectivity index (χ0) is 30.9. The Balaban J connectivity index is 0.951. The van der Waals surface area contributed by atoms with Crippen molar-refractivity contribution in [3.05, 3.63) is 0 Å². The summed E-state index contributed by atoms with van der Waals surface area (Å²) in [5.41, 5.74) is -1.19. The highest BCUT2D eigenvalue weighted by atomic mass is 16.3. The Morgan fingerprint density at radius 3 is 1.23 bits per heavy atom. The van der Waals surface area contributed by atoms with Crippen molar-refractivity contribution in [2.75, 3.05) is 0 Å². The van der Waals surface area contributed by atoms with Gasteiger partial charge in [0.1, 0.15) is 11.2 Å². The molecule has 8 aliphatic carbocycles. The molecule has 0 saturated heterocycles. The van der Waals surface area contributed by atoms with E-state index in [-0.39, 0.29) is 33.9 Å². The zero-order valence-corrected chi connectivity index (χ0v) is 28.3. The molecule has 246 valence electrons. The number of fused-ring (bicyclic) bond motifs is 10. The van der Waals surface area contributed by atoms with Crippen molar-refractivity contribution >= 4 is 0 Å². The predicted octanol–water partition coefficient (Wildman–Crippen LogP) is 7.26. The Kier molecular flexibility index (Phi) is 6.96. The van der Waals surface area contributed by atoms with Crippen LogP contribution in [0.2, 0.25) is 0 Å². The third-order valence-electron chi connectivity index (χ3n) is 17.9. The van der Waals surface area contributed by atoms with Gasteiger partial charge in [0, 0.05) is 0 Å². The fraction of sp³-hybridized carbons (Fsp3) is 0.950. The molecular formula is C40H62O4. The Bertz CT molecular complexity index is 1130. The molecule has 8 saturated carbocycles. The quantitative estimate of drug-likeness (QED) is 0.219. The molecule has 0 heterocycles. The van der Waals surface area contributed by atoms with Crippen LogP contribution in [0.3, 0.4) is 0 Å². The number of aliphatic hydroxyl groups is 4. The van der Waals surface area contributed by atoms with E-state index in [2.05, 4.69) is 39.5 Å². The molecular weight excluding hydrogens is 544 g/mol. The van der Waals surface area contributed by atoms with Gasteiger partial charge in [-0.25, -0.2) is 0 Å². The first-order chi connectivity index (χ1) is 20.7. The molecule has 8 rings (SSSR count). The topological polar surface area (TPSA) is 80.9 Å². The second-order valence-corrected chi connectivity index (χ2v) is 19.3. The van der Waals surface area contributed by atoms with Crippen molar-refractivity contribution in [2.45, 2.75) is 167 Å². The SMILES string of the molecule is C[C@]12CCC3C(CC[C@H]4CC(O)(C#CC5(O)CC[C@]6(C)C7CC[C@@]8(C)C(CC[C@@H]8O)C7CC[C@H]6C5)CC[C@]34C)C1CC[C@@H]2O. The lowest BCUT2D eigenvalue weighted by Crippen LogP contribution is -2.56. The molecule has 8 fully saturated rings. The summed E-state index contributed by atoms with van der Waals surface area (Å²) in [5.74, 6) is 12.0. The van der Waals surface area contributed by atoms with Crippen molar-refractivity contribution in [1.82, 2.24) is 0 Å². The second kappa shape index (κ2) is 9.96. The molecule has 8 aliphatic rings. The van der Waals surface area contributed by atoms with E-state index in [0.717, 1.165) is 76.0 Å². The van der Waals surface area contributed by atoms with Gasteiger partial charge < -0.3 is 20.4 Å².